The first-order valence-electron chi connectivity index (χ1n) is 3.22. The van der Waals surface area contributed by atoms with Crippen molar-refractivity contribution in [3.8, 4) is 0 Å². The number of hydrogen-bond donors (Lipinski definition) is 0. The molecule has 0 fully saturated rings. The molecule has 0 aromatic rings. The molecule has 0 radical (unpaired) electrons. The molecule has 0 aromatic carbocycles. The first-order chi connectivity index (χ1) is 5.24. The molecular formula is C8H7BrClF. The topological polar surface area (TPSA) is 0 Å². The SMILES string of the molecule is FC1=CC(Cl)=CCC=C1CBr. The molecule has 60 valence electrons. The summed E-state index contributed by atoms with van der Waals surface area (Å²) in [4.78, 5) is 0. The maximum absolute atomic E-state index is 13.0. The fourth-order valence-corrected chi connectivity index (χ4v) is 1.48. The second-order valence-corrected chi connectivity index (χ2v) is 3.18. The molecule has 0 nitrogen and oxygen atoms in total. The molecule has 0 atom stereocenters. The van der Waals surface area contributed by atoms with E-state index in [0.29, 0.717) is 22.4 Å². The van der Waals surface area contributed by atoms with Gasteiger partial charge >= 0.3 is 0 Å². The van der Waals surface area contributed by atoms with Crippen LogP contribution >= 0.6 is 27.5 Å². The number of hydrogen-bond acceptors (Lipinski definition) is 0. The van der Waals surface area contributed by atoms with Crippen LogP contribution in [0.4, 0.5) is 4.39 Å². The van der Waals surface area contributed by atoms with Crippen molar-refractivity contribution in [2.75, 3.05) is 5.33 Å². The Bertz CT molecular complexity index is 240. The molecule has 0 aromatic heterocycles. The van der Waals surface area contributed by atoms with Crippen molar-refractivity contribution in [3.05, 3.63) is 34.7 Å². The first-order valence-corrected chi connectivity index (χ1v) is 4.72. The lowest BCUT2D eigenvalue weighted by molar-refractivity contribution is 0.652. The minimum atomic E-state index is -0.249. The summed E-state index contributed by atoms with van der Waals surface area (Å²) < 4.78 is 13.0. The Balaban J connectivity index is 2.88. The molecule has 0 saturated carbocycles. The van der Waals surface area contributed by atoms with E-state index < -0.39 is 0 Å². The molecule has 1 aliphatic carbocycles. The van der Waals surface area contributed by atoms with E-state index in [2.05, 4.69) is 15.9 Å². The van der Waals surface area contributed by atoms with E-state index >= 15 is 0 Å². The van der Waals surface area contributed by atoms with Crippen LogP contribution in [0.3, 0.4) is 0 Å². The Morgan fingerprint density at radius 1 is 1.55 bits per heavy atom. The van der Waals surface area contributed by atoms with Crippen LogP contribution < -0.4 is 0 Å². The van der Waals surface area contributed by atoms with E-state index in [1.807, 2.05) is 6.08 Å². The molecule has 1 rings (SSSR count). The van der Waals surface area contributed by atoms with Gasteiger partial charge in [0.05, 0.1) is 0 Å². The fraction of sp³-hybridized carbons (Fsp3) is 0.250. The Hall–Kier alpha value is -0.0800. The number of allylic oxidation sites excluding steroid dienone is 6. The predicted octanol–water partition coefficient (Wildman–Crippen LogP) is 3.69. The van der Waals surface area contributed by atoms with Crippen molar-refractivity contribution in [1.82, 2.24) is 0 Å². The van der Waals surface area contributed by atoms with Crippen molar-refractivity contribution < 1.29 is 4.39 Å². The van der Waals surface area contributed by atoms with Crippen LogP contribution in [0.1, 0.15) is 6.42 Å². The Morgan fingerprint density at radius 3 is 2.91 bits per heavy atom. The molecule has 0 aliphatic heterocycles. The Morgan fingerprint density at radius 2 is 2.27 bits per heavy atom. The van der Waals surface area contributed by atoms with E-state index in [0.717, 1.165) is 0 Å². The monoisotopic (exact) mass is 236 g/mol. The molecule has 0 bridgehead atoms. The molecule has 0 amide bonds. The standard InChI is InChI=1S/C8H7BrClF/c9-5-6-2-1-3-7(10)4-8(6)11/h2-4H,1,5H2. The van der Waals surface area contributed by atoms with E-state index in [1.54, 1.807) is 6.08 Å². The zero-order valence-electron chi connectivity index (χ0n) is 5.78. The van der Waals surface area contributed by atoms with E-state index in [1.165, 1.54) is 6.08 Å². The molecule has 0 N–H and O–H groups in total. The van der Waals surface area contributed by atoms with Gasteiger partial charge < -0.3 is 0 Å². The Kier molecular flexibility index (Phi) is 3.34. The largest absolute Gasteiger partial charge is 0.207 e. The summed E-state index contributed by atoms with van der Waals surface area (Å²) in [7, 11) is 0. The highest BCUT2D eigenvalue weighted by Gasteiger charge is 2.05. The van der Waals surface area contributed by atoms with Crippen LogP contribution in [-0.2, 0) is 0 Å². The summed E-state index contributed by atoms with van der Waals surface area (Å²) in [5.74, 6) is -0.249. The molecule has 0 heterocycles. The number of alkyl halides is 1. The lowest BCUT2D eigenvalue weighted by atomic mass is 10.2. The van der Waals surface area contributed by atoms with Gasteiger partial charge in [-0.15, -0.1) is 0 Å². The van der Waals surface area contributed by atoms with Gasteiger partial charge in [-0.05, 0) is 18.1 Å². The van der Waals surface area contributed by atoms with Gasteiger partial charge in [-0.2, -0.15) is 0 Å². The van der Waals surface area contributed by atoms with Gasteiger partial charge in [0.25, 0.3) is 0 Å². The van der Waals surface area contributed by atoms with Gasteiger partial charge in [0, 0.05) is 10.4 Å². The zero-order chi connectivity index (χ0) is 8.27. The molecule has 11 heavy (non-hydrogen) atoms. The fourth-order valence-electron chi connectivity index (χ4n) is 0.802. The summed E-state index contributed by atoms with van der Waals surface area (Å²) >= 11 is 8.82. The minimum Gasteiger partial charge on any atom is -0.207 e. The highest BCUT2D eigenvalue weighted by molar-refractivity contribution is 9.09. The smallest absolute Gasteiger partial charge is 0.128 e. The van der Waals surface area contributed by atoms with Crippen molar-refractivity contribution in [3.63, 3.8) is 0 Å². The molecule has 0 spiro atoms. The summed E-state index contributed by atoms with van der Waals surface area (Å²) in [6.45, 7) is 0. The highest BCUT2D eigenvalue weighted by atomic mass is 79.9. The van der Waals surface area contributed by atoms with Gasteiger partial charge in [0.2, 0.25) is 0 Å². The van der Waals surface area contributed by atoms with Crippen LogP contribution in [-0.4, -0.2) is 5.33 Å². The third-order valence-corrected chi connectivity index (χ3v) is 2.26. The first kappa shape index (κ1) is 9.01. The number of halogens is 3. The van der Waals surface area contributed by atoms with Gasteiger partial charge in [0.1, 0.15) is 5.83 Å². The van der Waals surface area contributed by atoms with E-state index in [9.17, 15) is 4.39 Å². The normalized spacial score (nSPS) is 18.3. The average Bonchev–Trinajstić information content (AvgIpc) is 2.11. The Labute approximate surface area is 78.6 Å². The van der Waals surface area contributed by atoms with E-state index in [4.69, 9.17) is 11.6 Å². The molecule has 0 unspecified atom stereocenters. The molecule has 1 aliphatic rings. The van der Waals surface area contributed by atoms with Crippen molar-refractivity contribution in [2.24, 2.45) is 0 Å². The third-order valence-electron chi connectivity index (χ3n) is 1.39. The molecule has 0 saturated heterocycles. The second kappa shape index (κ2) is 4.07. The maximum Gasteiger partial charge on any atom is 0.128 e. The molecule has 3 heteroatoms. The van der Waals surface area contributed by atoms with Gasteiger partial charge in [-0.25, -0.2) is 4.39 Å². The van der Waals surface area contributed by atoms with Crippen molar-refractivity contribution >= 4 is 27.5 Å². The second-order valence-electron chi connectivity index (χ2n) is 2.18. The summed E-state index contributed by atoms with van der Waals surface area (Å²) in [5.41, 5.74) is 0.664. The van der Waals surface area contributed by atoms with Crippen LogP contribution in [0.5, 0.6) is 0 Å². The summed E-state index contributed by atoms with van der Waals surface area (Å²) in [6.07, 6.45) is 5.62. The number of rotatable bonds is 1. The quantitative estimate of drug-likeness (QED) is 0.610. The highest BCUT2D eigenvalue weighted by Crippen LogP contribution is 2.22. The van der Waals surface area contributed by atoms with Gasteiger partial charge in [-0.3, -0.25) is 0 Å². The summed E-state index contributed by atoms with van der Waals surface area (Å²) in [6, 6.07) is 0. The van der Waals surface area contributed by atoms with Gasteiger partial charge in [0.15, 0.2) is 0 Å². The zero-order valence-corrected chi connectivity index (χ0v) is 8.12. The van der Waals surface area contributed by atoms with Crippen LogP contribution in [0, 0.1) is 0 Å². The van der Waals surface area contributed by atoms with Crippen molar-refractivity contribution in [1.29, 1.82) is 0 Å². The lowest BCUT2D eigenvalue weighted by Crippen LogP contribution is -1.83. The van der Waals surface area contributed by atoms with Gasteiger partial charge in [-0.1, -0.05) is 39.7 Å². The predicted molar refractivity (Wildman–Crippen MR) is 49.6 cm³/mol. The molecular weight excluding hydrogens is 230 g/mol. The van der Waals surface area contributed by atoms with Crippen LogP contribution in [0.25, 0.3) is 0 Å². The summed E-state index contributed by atoms with van der Waals surface area (Å²) in [5, 5.41) is 1.00. The van der Waals surface area contributed by atoms with Crippen LogP contribution in [0.2, 0.25) is 0 Å². The third kappa shape index (κ3) is 2.46. The minimum absolute atomic E-state index is 0.249. The van der Waals surface area contributed by atoms with E-state index in [-0.39, 0.29) is 5.83 Å². The van der Waals surface area contributed by atoms with Crippen LogP contribution in [0.15, 0.2) is 34.7 Å². The lowest BCUT2D eigenvalue weighted by Gasteiger charge is -1.95. The average molecular weight is 237 g/mol. The maximum atomic E-state index is 13.0. The van der Waals surface area contributed by atoms with Crippen molar-refractivity contribution in [2.45, 2.75) is 6.42 Å².